The molecule has 3 amide bonds. The molecule has 0 bridgehead atoms. The summed E-state index contributed by atoms with van der Waals surface area (Å²) in [7, 11) is 0. The molecule has 1 rings (SSSR count). The molecule has 3 N–H and O–H groups in total. The number of urea groups is 1. The van der Waals surface area contributed by atoms with Crippen LogP contribution in [0.5, 0.6) is 0 Å². The van der Waals surface area contributed by atoms with Crippen LogP contribution in [0.15, 0.2) is 18.2 Å². The summed E-state index contributed by atoms with van der Waals surface area (Å²) in [6, 6.07) is 3.06. The lowest BCUT2D eigenvalue weighted by Crippen LogP contribution is -2.35. The molecule has 0 heterocycles. The van der Waals surface area contributed by atoms with Crippen molar-refractivity contribution in [2.75, 3.05) is 0 Å². The quantitative estimate of drug-likeness (QED) is 0.701. The zero-order valence-corrected chi connectivity index (χ0v) is 7.50. The van der Waals surface area contributed by atoms with Crippen molar-refractivity contribution in [3.63, 3.8) is 0 Å². The van der Waals surface area contributed by atoms with Crippen molar-refractivity contribution in [1.82, 2.24) is 5.32 Å². The molecular formula is C9H9FN2O2. The molecule has 0 saturated heterocycles. The third-order valence-electron chi connectivity index (χ3n) is 1.61. The standard InChI is InChI=1S/C9H9FN2O2/c1-5-2-3-6(7(10)4-5)8(13)12-9(11)14/h2-4H,1H3,(H3,11,12,13,14). The van der Waals surface area contributed by atoms with Crippen molar-refractivity contribution in [2.45, 2.75) is 6.92 Å². The van der Waals surface area contributed by atoms with E-state index in [1.54, 1.807) is 18.3 Å². The number of nitrogens with one attached hydrogen (secondary N) is 1. The summed E-state index contributed by atoms with van der Waals surface area (Å²) in [6.45, 7) is 1.69. The van der Waals surface area contributed by atoms with E-state index in [-0.39, 0.29) is 5.56 Å². The van der Waals surface area contributed by atoms with Crippen LogP contribution in [0.4, 0.5) is 9.18 Å². The maximum absolute atomic E-state index is 13.1. The second-order valence-electron chi connectivity index (χ2n) is 2.80. The highest BCUT2D eigenvalue weighted by atomic mass is 19.1. The third kappa shape index (κ3) is 2.29. The van der Waals surface area contributed by atoms with Gasteiger partial charge in [-0.15, -0.1) is 0 Å². The fourth-order valence-corrected chi connectivity index (χ4v) is 0.984. The van der Waals surface area contributed by atoms with Gasteiger partial charge in [0, 0.05) is 0 Å². The van der Waals surface area contributed by atoms with Crippen molar-refractivity contribution < 1.29 is 14.0 Å². The number of aryl methyl sites for hydroxylation is 1. The normalized spacial score (nSPS) is 9.57. The number of nitrogens with two attached hydrogens (primary N) is 1. The van der Waals surface area contributed by atoms with E-state index < -0.39 is 17.8 Å². The van der Waals surface area contributed by atoms with Crippen molar-refractivity contribution in [1.29, 1.82) is 0 Å². The van der Waals surface area contributed by atoms with E-state index in [0.717, 1.165) is 0 Å². The minimum absolute atomic E-state index is 0.200. The van der Waals surface area contributed by atoms with Crippen molar-refractivity contribution in [2.24, 2.45) is 5.73 Å². The van der Waals surface area contributed by atoms with Gasteiger partial charge >= 0.3 is 6.03 Å². The summed E-state index contributed by atoms with van der Waals surface area (Å²) < 4.78 is 13.1. The maximum atomic E-state index is 13.1. The van der Waals surface area contributed by atoms with Crippen LogP contribution < -0.4 is 11.1 Å². The van der Waals surface area contributed by atoms with Crippen molar-refractivity contribution in [3.05, 3.63) is 35.1 Å². The van der Waals surface area contributed by atoms with Crippen molar-refractivity contribution in [3.8, 4) is 0 Å². The fourth-order valence-electron chi connectivity index (χ4n) is 0.984. The number of imide groups is 1. The Morgan fingerprint density at radius 1 is 1.43 bits per heavy atom. The summed E-state index contributed by atoms with van der Waals surface area (Å²) in [6.07, 6.45) is 0. The highest BCUT2D eigenvalue weighted by Crippen LogP contribution is 2.09. The maximum Gasteiger partial charge on any atom is 0.319 e. The van der Waals surface area contributed by atoms with E-state index in [4.69, 9.17) is 5.73 Å². The Kier molecular flexibility index (Phi) is 2.81. The molecule has 4 nitrogen and oxygen atoms in total. The van der Waals surface area contributed by atoms with Gasteiger partial charge in [0.05, 0.1) is 5.56 Å². The molecule has 0 aliphatic carbocycles. The number of amides is 3. The number of hydrogen-bond acceptors (Lipinski definition) is 2. The number of benzene rings is 1. The van der Waals surface area contributed by atoms with Crippen LogP contribution in [0.3, 0.4) is 0 Å². The largest absolute Gasteiger partial charge is 0.351 e. The van der Waals surface area contributed by atoms with E-state index in [0.29, 0.717) is 5.56 Å². The van der Waals surface area contributed by atoms with E-state index in [2.05, 4.69) is 0 Å². The SMILES string of the molecule is Cc1ccc(C(=O)NC(N)=O)c(F)c1. The molecule has 0 aromatic heterocycles. The molecule has 74 valence electrons. The Morgan fingerprint density at radius 3 is 2.57 bits per heavy atom. The van der Waals surface area contributed by atoms with Crippen LogP contribution in [-0.4, -0.2) is 11.9 Å². The van der Waals surface area contributed by atoms with Gasteiger partial charge in [-0.3, -0.25) is 10.1 Å². The summed E-state index contributed by atoms with van der Waals surface area (Å²) >= 11 is 0. The number of primary amides is 1. The summed E-state index contributed by atoms with van der Waals surface area (Å²) in [5.74, 6) is -1.52. The van der Waals surface area contributed by atoms with Gasteiger partial charge in [0.15, 0.2) is 0 Å². The third-order valence-corrected chi connectivity index (χ3v) is 1.61. The summed E-state index contributed by atoms with van der Waals surface area (Å²) in [5, 5.41) is 1.78. The minimum Gasteiger partial charge on any atom is -0.351 e. The number of halogens is 1. The lowest BCUT2D eigenvalue weighted by Gasteiger charge is -2.02. The predicted molar refractivity (Wildman–Crippen MR) is 48.2 cm³/mol. The van der Waals surface area contributed by atoms with Crippen LogP contribution >= 0.6 is 0 Å². The molecule has 0 fully saturated rings. The van der Waals surface area contributed by atoms with Gasteiger partial charge in [0.2, 0.25) is 0 Å². The van der Waals surface area contributed by atoms with E-state index >= 15 is 0 Å². The highest BCUT2D eigenvalue weighted by Gasteiger charge is 2.12. The van der Waals surface area contributed by atoms with E-state index in [1.807, 2.05) is 0 Å². The lowest BCUT2D eigenvalue weighted by atomic mass is 10.1. The first-order chi connectivity index (χ1) is 6.50. The smallest absolute Gasteiger partial charge is 0.319 e. The fraction of sp³-hybridized carbons (Fsp3) is 0.111. The number of hydrogen-bond donors (Lipinski definition) is 2. The number of carbonyl (C=O) groups excluding carboxylic acids is 2. The molecule has 0 unspecified atom stereocenters. The van der Waals surface area contributed by atoms with Gasteiger partial charge in [-0.05, 0) is 24.6 Å². The first kappa shape index (κ1) is 10.2. The average molecular weight is 196 g/mol. The number of rotatable bonds is 1. The van der Waals surface area contributed by atoms with E-state index in [1.165, 1.54) is 12.1 Å². The molecule has 0 spiro atoms. The van der Waals surface area contributed by atoms with Gasteiger partial charge in [0.25, 0.3) is 5.91 Å². The molecule has 0 radical (unpaired) electrons. The second kappa shape index (κ2) is 3.87. The van der Waals surface area contributed by atoms with Gasteiger partial charge in [-0.25, -0.2) is 9.18 Å². The van der Waals surface area contributed by atoms with Crippen LogP contribution in [0.1, 0.15) is 15.9 Å². The summed E-state index contributed by atoms with van der Waals surface area (Å²) in [4.78, 5) is 21.5. The zero-order chi connectivity index (χ0) is 10.7. The second-order valence-corrected chi connectivity index (χ2v) is 2.80. The van der Waals surface area contributed by atoms with Gasteiger partial charge in [-0.2, -0.15) is 0 Å². The predicted octanol–water partition coefficient (Wildman–Crippen LogP) is 0.943. The van der Waals surface area contributed by atoms with Gasteiger partial charge < -0.3 is 5.73 Å². The molecule has 0 aliphatic rings. The minimum atomic E-state index is -1.00. The molecule has 0 saturated carbocycles. The van der Waals surface area contributed by atoms with Gasteiger partial charge in [-0.1, -0.05) is 6.07 Å². The Labute approximate surface area is 79.9 Å². The van der Waals surface area contributed by atoms with Crippen LogP contribution in [0, 0.1) is 12.7 Å². The molecule has 1 aromatic carbocycles. The molecule has 5 heteroatoms. The van der Waals surface area contributed by atoms with Gasteiger partial charge in [0.1, 0.15) is 5.82 Å². The monoisotopic (exact) mass is 196 g/mol. The van der Waals surface area contributed by atoms with Crippen LogP contribution in [0.2, 0.25) is 0 Å². The van der Waals surface area contributed by atoms with E-state index in [9.17, 15) is 14.0 Å². The Balaban J connectivity index is 2.96. The van der Waals surface area contributed by atoms with Crippen LogP contribution in [-0.2, 0) is 0 Å². The number of carbonyl (C=O) groups is 2. The zero-order valence-electron chi connectivity index (χ0n) is 7.50. The Morgan fingerprint density at radius 2 is 2.07 bits per heavy atom. The molecule has 1 aromatic rings. The lowest BCUT2D eigenvalue weighted by molar-refractivity contribution is 0.0962. The summed E-state index contributed by atoms with van der Waals surface area (Å²) in [5.41, 5.74) is 5.21. The first-order valence-corrected chi connectivity index (χ1v) is 3.87. The molecule has 14 heavy (non-hydrogen) atoms. The topological polar surface area (TPSA) is 72.2 Å². The molecule has 0 aliphatic heterocycles. The highest BCUT2D eigenvalue weighted by molar-refractivity contribution is 6.03. The Hall–Kier alpha value is -1.91. The van der Waals surface area contributed by atoms with Crippen LogP contribution in [0.25, 0.3) is 0 Å². The first-order valence-electron chi connectivity index (χ1n) is 3.87. The molecule has 0 atom stereocenters. The molecular weight excluding hydrogens is 187 g/mol. The van der Waals surface area contributed by atoms with Crippen molar-refractivity contribution >= 4 is 11.9 Å². The Bertz CT molecular complexity index is 390. The average Bonchev–Trinajstić information content (AvgIpc) is 2.01.